The minimum Gasteiger partial charge on any atom is -0.461 e. The third-order valence-corrected chi connectivity index (χ3v) is 6.48. The van der Waals surface area contributed by atoms with E-state index in [2.05, 4.69) is 10.2 Å². The Morgan fingerprint density at radius 3 is 1.32 bits per heavy atom. The first kappa shape index (κ1) is 30.0. The Morgan fingerprint density at radius 1 is 0.575 bits per heavy atom. The van der Waals surface area contributed by atoms with Gasteiger partial charge in [-0.1, -0.05) is 24.3 Å². The fraction of sp³-hybridized carbons (Fsp3) is 0.462. The molecule has 2 fully saturated rings. The highest BCUT2D eigenvalue weighted by Crippen LogP contribution is 2.27. The second kappa shape index (κ2) is 13.6. The fourth-order valence-corrected chi connectivity index (χ4v) is 4.16. The number of para-hydroxylation sites is 2. The zero-order valence-corrected chi connectivity index (χ0v) is 21.1. The van der Waals surface area contributed by atoms with E-state index >= 15 is 0 Å². The van der Waals surface area contributed by atoms with Crippen LogP contribution in [0, 0.1) is 0 Å². The summed E-state index contributed by atoms with van der Waals surface area (Å²) >= 11 is 0. The normalized spacial score (nSPS) is 34.8. The van der Waals surface area contributed by atoms with Gasteiger partial charge in [0.05, 0.1) is 25.6 Å². The summed E-state index contributed by atoms with van der Waals surface area (Å²) in [7, 11) is 0. The summed E-state index contributed by atoms with van der Waals surface area (Å²) < 4.78 is 22.2. The molecule has 0 spiro atoms. The highest BCUT2D eigenvalue weighted by Gasteiger charge is 2.46. The molecule has 2 heterocycles. The molecule has 8 N–H and O–H groups in total. The van der Waals surface area contributed by atoms with Crippen molar-refractivity contribution in [2.75, 3.05) is 13.2 Å². The second-order valence-corrected chi connectivity index (χ2v) is 9.20. The molecular formula is C26H32N2O12. The third-order valence-electron chi connectivity index (χ3n) is 6.48. The van der Waals surface area contributed by atoms with Crippen LogP contribution in [0.2, 0.25) is 0 Å². The Hall–Kier alpha value is -3.02. The van der Waals surface area contributed by atoms with Crippen LogP contribution in [0.25, 0.3) is 0 Å². The number of hydrogen-bond donors (Lipinski definition) is 8. The Morgan fingerprint density at radius 2 is 0.950 bits per heavy atom. The van der Waals surface area contributed by atoms with Gasteiger partial charge in [0, 0.05) is 11.1 Å². The molecular weight excluding hydrogens is 532 g/mol. The van der Waals surface area contributed by atoms with Gasteiger partial charge in [-0.25, -0.2) is 0 Å². The molecule has 0 aromatic heterocycles. The molecule has 14 heteroatoms. The smallest absolute Gasteiger partial charge is 0.229 e. The average Bonchev–Trinajstić information content (AvgIpc) is 2.97. The number of hydrogen-bond acceptors (Lipinski definition) is 14. The summed E-state index contributed by atoms with van der Waals surface area (Å²) in [5.41, 5.74) is 0.866. The molecule has 40 heavy (non-hydrogen) atoms. The van der Waals surface area contributed by atoms with E-state index in [0.29, 0.717) is 11.1 Å². The van der Waals surface area contributed by atoms with Gasteiger partial charge in [0.15, 0.2) is 0 Å². The van der Waals surface area contributed by atoms with Gasteiger partial charge in [-0.3, -0.25) is 0 Å². The van der Waals surface area contributed by atoms with E-state index < -0.39 is 74.6 Å². The molecule has 0 saturated carbocycles. The molecule has 2 saturated heterocycles. The standard InChI is InChI=1S/C26H32N2O12/c29-11-17-19(31)21(33)23(35)25(39-17)37-15-7-3-1-5-13(15)9-27-28-10-14-6-2-4-8-16(14)38-26-24(36)22(34)20(32)18(12-30)40-26/h1-10,17-26,29-36H,11-12H2/b27-9-,28-10+/t17-,18+,19+,20-,21+,22-,23-,24+,25+,26-/m1/s1. The maximum atomic E-state index is 10.3. The lowest BCUT2D eigenvalue weighted by Crippen LogP contribution is -2.60. The summed E-state index contributed by atoms with van der Waals surface area (Å²) in [6, 6.07) is 13.2. The number of benzene rings is 2. The predicted octanol–water partition coefficient (Wildman–Crippen LogP) is -2.50. The van der Waals surface area contributed by atoms with Crippen LogP contribution in [0.15, 0.2) is 58.7 Å². The van der Waals surface area contributed by atoms with E-state index in [9.17, 15) is 40.9 Å². The Balaban J connectivity index is 1.45. The van der Waals surface area contributed by atoms with Gasteiger partial charge in [-0.15, -0.1) is 0 Å². The molecule has 0 radical (unpaired) electrons. The summed E-state index contributed by atoms with van der Waals surface area (Å²) in [4.78, 5) is 0. The van der Waals surface area contributed by atoms with Gasteiger partial charge in [0.2, 0.25) is 12.6 Å². The van der Waals surface area contributed by atoms with E-state index in [0.717, 1.165) is 0 Å². The number of nitrogens with zero attached hydrogens (tertiary/aromatic N) is 2. The van der Waals surface area contributed by atoms with Gasteiger partial charge >= 0.3 is 0 Å². The zero-order valence-electron chi connectivity index (χ0n) is 21.1. The maximum Gasteiger partial charge on any atom is 0.229 e. The predicted molar refractivity (Wildman–Crippen MR) is 137 cm³/mol. The third kappa shape index (κ3) is 6.64. The number of aliphatic hydroxyl groups is 8. The van der Waals surface area contributed by atoms with Gasteiger partial charge in [-0.05, 0) is 24.3 Å². The van der Waals surface area contributed by atoms with Gasteiger partial charge < -0.3 is 59.8 Å². The van der Waals surface area contributed by atoms with Crippen LogP contribution in [0.3, 0.4) is 0 Å². The molecule has 2 aliphatic rings. The van der Waals surface area contributed by atoms with Gasteiger partial charge in [0.1, 0.15) is 60.3 Å². The lowest BCUT2D eigenvalue weighted by Gasteiger charge is -2.39. The van der Waals surface area contributed by atoms with Crippen LogP contribution in [0.5, 0.6) is 11.5 Å². The first-order valence-electron chi connectivity index (χ1n) is 12.4. The monoisotopic (exact) mass is 564 g/mol. The van der Waals surface area contributed by atoms with Crippen molar-refractivity contribution in [3.8, 4) is 11.5 Å². The van der Waals surface area contributed by atoms with E-state index in [1.807, 2.05) is 0 Å². The quantitative estimate of drug-likeness (QED) is 0.117. The van der Waals surface area contributed by atoms with Crippen molar-refractivity contribution in [2.45, 2.75) is 61.4 Å². The molecule has 14 nitrogen and oxygen atoms in total. The average molecular weight is 565 g/mol. The molecule has 0 aliphatic carbocycles. The largest absolute Gasteiger partial charge is 0.461 e. The molecule has 0 unspecified atom stereocenters. The lowest BCUT2D eigenvalue weighted by molar-refractivity contribution is -0.277. The number of aliphatic hydroxyl groups excluding tert-OH is 8. The molecule has 2 aliphatic heterocycles. The minimum absolute atomic E-state index is 0.220. The van der Waals surface area contributed by atoms with Gasteiger partial charge in [0.25, 0.3) is 0 Å². The van der Waals surface area contributed by atoms with Gasteiger partial charge in [-0.2, -0.15) is 10.2 Å². The summed E-state index contributed by atoms with van der Waals surface area (Å²) in [5, 5.41) is 87.2. The van der Waals surface area contributed by atoms with Crippen molar-refractivity contribution in [3.63, 3.8) is 0 Å². The SMILES string of the molecule is OC[C@@H]1O[C@@H](Oc2ccccc2/C=N/N=C\c2ccccc2O[C@H]2O[C@H](CO)[C@H](O)[C@H](O)[C@H]2O)[C@@H](O)[C@H](O)[C@@H]1O. The van der Waals surface area contributed by atoms with E-state index in [4.69, 9.17) is 18.9 Å². The zero-order chi connectivity index (χ0) is 28.8. The molecule has 10 atom stereocenters. The van der Waals surface area contributed by atoms with Crippen molar-refractivity contribution in [1.29, 1.82) is 0 Å². The number of rotatable bonds is 9. The van der Waals surface area contributed by atoms with Crippen LogP contribution in [0.1, 0.15) is 11.1 Å². The van der Waals surface area contributed by atoms with Crippen LogP contribution >= 0.6 is 0 Å². The lowest BCUT2D eigenvalue weighted by atomic mass is 9.99. The van der Waals surface area contributed by atoms with Crippen LogP contribution in [-0.4, -0.2) is 128 Å². The highest BCUT2D eigenvalue weighted by molar-refractivity contribution is 5.86. The molecule has 4 rings (SSSR count). The fourth-order valence-electron chi connectivity index (χ4n) is 4.16. The molecule has 0 amide bonds. The Kier molecular flexibility index (Phi) is 10.2. The summed E-state index contributed by atoms with van der Waals surface area (Å²) in [5.74, 6) is 0.439. The van der Waals surface area contributed by atoms with E-state index in [1.165, 1.54) is 12.4 Å². The molecule has 2 aromatic carbocycles. The second-order valence-electron chi connectivity index (χ2n) is 9.20. The first-order chi connectivity index (χ1) is 19.2. The van der Waals surface area contributed by atoms with Crippen molar-refractivity contribution in [2.24, 2.45) is 10.2 Å². The maximum absolute atomic E-state index is 10.3. The molecule has 0 bridgehead atoms. The van der Waals surface area contributed by atoms with E-state index in [-0.39, 0.29) is 11.5 Å². The van der Waals surface area contributed by atoms with Crippen molar-refractivity contribution >= 4 is 12.4 Å². The van der Waals surface area contributed by atoms with Crippen LogP contribution < -0.4 is 9.47 Å². The Labute approximate surface area is 228 Å². The summed E-state index contributed by atoms with van der Waals surface area (Å²) in [6.45, 7) is -1.19. The molecule has 218 valence electrons. The topological polar surface area (TPSA) is 223 Å². The van der Waals surface area contributed by atoms with Crippen molar-refractivity contribution in [3.05, 3.63) is 59.7 Å². The van der Waals surface area contributed by atoms with E-state index in [1.54, 1.807) is 48.5 Å². The number of ether oxygens (including phenoxy) is 4. The van der Waals surface area contributed by atoms with Crippen LogP contribution in [0.4, 0.5) is 0 Å². The first-order valence-corrected chi connectivity index (χ1v) is 12.4. The summed E-state index contributed by atoms with van der Waals surface area (Å²) in [6.07, 6.45) is -11.7. The van der Waals surface area contributed by atoms with Crippen molar-refractivity contribution in [1.82, 2.24) is 0 Å². The van der Waals surface area contributed by atoms with Crippen LogP contribution in [-0.2, 0) is 9.47 Å². The Bertz CT molecular complexity index is 1070. The highest BCUT2D eigenvalue weighted by atomic mass is 16.7. The molecule has 2 aromatic rings. The minimum atomic E-state index is -1.59. The van der Waals surface area contributed by atoms with Crippen molar-refractivity contribution < 1.29 is 59.8 Å².